The van der Waals surface area contributed by atoms with Crippen LogP contribution >= 0.6 is 0 Å². The third-order valence-corrected chi connectivity index (χ3v) is 10.4. The van der Waals surface area contributed by atoms with Crippen molar-refractivity contribution in [2.45, 2.75) is 13.8 Å². The second-order valence-electron chi connectivity index (χ2n) is 14.1. The smallest absolute Gasteiger partial charge is 0.0617 e. The van der Waals surface area contributed by atoms with Gasteiger partial charge in [-0.2, -0.15) is 0 Å². The standard InChI is InChI=1S/C42H32.C12H12N2/c1-4-10-32-25-35(21-19-29(32)5-2)41-37-13-8-9-14-38(37)42(36-22-20-30-11-6-7-12-33(30)26-36)40-27-34(23-24-39(40)41)31-17-15-28(3)16-18-31;13-11-8-4-5-9-12(11)14-10-6-2-1-3-7-10/h4-27H,2H2,1,3H3;1-9,14H,13H2/b10-4-;. The van der Waals surface area contributed by atoms with Gasteiger partial charge in [-0.25, -0.2) is 0 Å². The van der Waals surface area contributed by atoms with Crippen molar-refractivity contribution in [3.63, 3.8) is 0 Å². The van der Waals surface area contributed by atoms with E-state index in [-0.39, 0.29) is 0 Å². The van der Waals surface area contributed by atoms with E-state index in [9.17, 15) is 0 Å². The first-order valence-electron chi connectivity index (χ1n) is 19.1. The zero-order chi connectivity index (χ0) is 38.4. The number of aryl methyl sites for hydroxylation is 1. The Kier molecular flexibility index (Phi) is 10.3. The van der Waals surface area contributed by atoms with Crippen LogP contribution in [-0.2, 0) is 0 Å². The minimum Gasteiger partial charge on any atom is -0.397 e. The van der Waals surface area contributed by atoms with Crippen molar-refractivity contribution in [1.82, 2.24) is 0 Å². The van der Waals surface area contributed by atoms with Crippen molar-refractivity contribution in [3.8, 4) is 33.4 Å². The van der Waals surface area contributed by atoms with E-state index in [2.05, 4.69) is 165 Å². The summed E-state index contributed by atoms with van der Waals surface area (Å²) in [6.07, 6.45) is 6.20. The van der Waals surface area contributed by atoms with Gasteiger partial charge in [-0.3, -0.25) is 0 Å². The highest BCUT2D eigenvalue weighted by molar-refractivity contribution is 6.22. The van der Waals surface area contributed by atoms with Gasteiger partial charge in [-0.15, -0.1) is 0 Å². The molecule has 2 nitrogen and oxygen atoms in total. The topological polar surface area (TPSA) is 38.0 Å². The second kappa shape index (κ2) is 16.1. The van der Waals surface area contributed by atoms with E-state index < -0.39 is 0 Å². The van der Waals surface area contributed by atoms with Crippen LogP contribution in [0.25, 0.3) is 77.9 Å². The van der Waals surface area contributed by atoms with Crippen LogP contribution in [0.15, 0.2) is 195 Å². The normalized spacial score (nSPS) is 11.1. The fourth-order valence-electron chi connectivity index (χ4n) is 7.60. The summed E-state index contributed by atoms with van der Waals surface area (Å²) in [5.41, 5.74) is 19.6. The summed E-state index contributed by atoms with van der Waals surface area (Å²) in [6.45, 7) is 8.26. The highest BCUT2D eigenvalue weighted by Crippen LogP contribution is 2.45. The minimum atomic E-state index is 0.761. The lowest BCUT2D eigenvalue weighted by molar-refractivity contribution is 1.47. The molecule has 9 aromatic carbocycles. The van der Waals surface area contributed by atoms with Gasteiger partial charge in [-0.1, -0.05) is 170 Å². The number of hydrogen-bond donors (Lipinski definition) is 2. The Morgan fingerprint density at radius 1 is 0.482 bits per heavy atom. The number of nitrogens with two attached hydrogens (primary N) is 1. The molecular weight excluding hydrogens is 677 g/mol. The molecule has 0 heterocycles. The number of benzene rings is 9. The Hall–Kier alpha value is -7.16. The van der Waals surface area contributed by atoms with Crippen molar-refractivity contribution >= 4 is 61.5 Å². The summed E-state index contributed by atoms with van der Waals surface area (Å²) < 4.78 is 0. The van der Waals surface area contributed by atoms with Gasteiger partial charge in [0.05, 0.1) is 11.4 Å². The van der Waals surface area contributed by atoms with Gasteiger partial charge < -0.3 is 11.1 Å². The lowest BCUT2D eigenvalue weighted by Gasteiger charge is -2.19. The molecule has 56 heavy (non-hydrogen) atoms. The van der Waals surface area contributed by atoms with Gasteiger partial charge >= 0.3 is 0 Å². The molecule has 0 saturated carbocycles. The first-order chi connectivity index (χ1) is 27.5. The van der Waals surface area contributed by atoms with Gasteiger partial charge in [0.1, 0.15) is 0 Å². The molecule has 270 valence electrons. The highest BCUT2D eigenvalue weighted by Gasteiger charge is 2.18. The minimum absolute atomic E-state index is 0.761. The van der Waals surface area contributed by atoms with Crippen LogP contribution in [0.1, 0.15) is 23.6 Å². The van der Waals surface area contributed by atoms with Gasteiger partial charge in [0.25, 0.3) is 0 Å². The Labute approximate surface area is 329 Å². The molecule has 0 atom stereocenters. The van der Waals surface area contributed by atoms with E-state index in [0.717, 1.165) is 22.6 Å². The van der Waals surface area contributed by atoms with Crippen LogP contribution in [0.3, 0.4) is 0 Å². The molecule has 0 amide bonds. The predicted octanol–water partition coefficient (Wildman–Crippen LogP) is 15.1. The summed E-state index contributed by atoms with van der Waals surface area (Å²) in [7, 11) is 0. The van der Waals surface area contributed by atoms with Crippen molar-refractivity contribution in [1.29, 1.82) is 0 Å². The molecule has 0 aliphatic carbocycles. The molecule has 0 spiro atoms. The van der Waals surface area contributed by atoms with E-state index in [4.69, 9.17) is 5.73 Å². The number of anilines is 3. The number of allylic oxidation sites excluding steroid dienone is 1. The van der Waals surface area contributed by atoms with Crippen LogP contribution in [-0.4, -0.2) is 0 Å². The zero-order valence-corrected chi connectivity index (χ0v) is 31.8. The van der Waals surface area contributed by atoms with Crippen molar-refractivity contribution in [2.75, 3.05) is 11.1 Å². The molecule has 0 aliphatic heterocycles. The molecule has 0 bridgehead atoms. The lowest BCUT2D eigenvalue weighted by atomic mass is 9.84. The number of rotatable bonds is 7. The summed E-state index contributed by atoms with van der Waals surface area (Å²) >= 11 is 0. The SMILES string of the molecule is C=Cc1ccc(-c2c3ccccc3c(-c3ccc4ccccc4c3)c3cc(-c4ccc(C)cc4)ccc23)cc1/C=C\C.Nc1ccccc1Nc1ccccc1. The molecule has 3 N–H and O–H groups in total. The molecule has 9 aromatic rings. The predicted molar refractivity (Wildman–Crippen MR) is 245 cm³/mol. The number of para-hydroxylation sites is 3. The molecule has 0 aromatic heterocycles. The van der Waals surface area contributed by atoms with Crippen LogP contribution in [0.2, 0.25) is 0 Å². The molecule has 0 saturated heterocycles. The van der Waals surface area contributed by atoms with E-state index in [0.29, 0.717) is 0 Å². The quantitative estimate of drug-likeness (QED) is 0.127. The van der Waals surface area contributed by atoms with Gasteiger partial charge in [0.15, 0.2) is 0 Å². The number of nitrogens with one attached hydrogen (secondary N) is 1. The Bertz CT molecular complexity index is 2860. The highest BCUT2D eigenvalue weighted by atomic mass is 14.9. The fourth-order valence-corrected chi connectivity index (χ4v) is 7.60. The molecule has 2 heteroatoms. The van der Waals surface area contributed by atoms with Gasteiger partial charge in [-0.05, 0) is 133 Å². The van der Waals surface area contributed by atoms with E-state index in [1.54, 1.807) is 0 Å². The first kappa shape index (κ1) is 35.8. The van der Waals surface area contributed by atoms with Crippen molar-refractivity contribution in [2.24, 2.45) is 0 Å². The maximum absolute atomic E-state index is 5.81. The summed E-state index contributed by atoms with van der Waals surface area (Å²) in [6, 6.07) is 64.7. The van der Waals surface area contributed by atoms with Crippen LogP contribution in [0.5, 0.6) is 0 Å². The van der Waals surface area contributed by atoms with Crippen LogP contribution < -0.4 is 11.1 Å². The maximum atomic E-state index is 5.81. The van der Waals surface area contributed by atoms with Crippen LogP contribution in [0.4, 0.5) is 17.1 Å². The third-order valence-electron chi connectivity index (χ3n) is 10.4. The Morgan fingerprint density at radius 2 is 1.07 bits per heavy atom. The van der Waals surface area contributed by atoms with Crippen molar-refractivity contribution in [3.05, 3.63) is 211 Å². The fraction of sp³-hybridized carbons (Fsp3) is 0.0370. The molecule has 0 radical (unpaired) electrons. The largest absolute Gasteiger partial charge is 0.397 e. The van der Waals surface area contributed by atoms with Crippen LogP contribution in [0, 0.1) is 6.92 Å². The Morgan fingerprint density at radius 3 is 1.80 bits per heavy atom. The molecule has 9 rings (SSSR count). The summed E-state index contributed by atoms with van der Waals surface area (Å²) in [5.74, 6) is 0. The average molecular weight is 721 g/mol. The Balaban J connectivity index is 0.000000265. The zero-order valence-electron chi connectivity index (χ0n) is 31.8. The van der Waals surface area contributed by atoms with E-state index >= 15 is 0 Å². The molecular formula is C54H44N2. The number of fused-ring (bicyclic) bond motifs is 3. The lowest BCUT2D eigenvalue weighted by Crippen LogP contribution is -1.94. The van der Waals surface area contributed by atoms with E-state index in [1.165, 1.54) is 76.8 Å². The third kappa shape index (κ3) is 7.33. The maximum Gasteiger partial charge on any atom is 0.0617 e. The number of nitrogen functional groups attached to an aromatic ring is 1. The summed E-state index contributed by atoms with van der Waals surface area (Å²) in [4.78, 5) is 0. The van der Waals surface area contributed by atoms with E-state index in [1.807, 2.05) is 60.7 Å². The number of hydrogen-bond acceptors (Lipinski definition) is 2. The summed E-state index contributed by atoms with van der Waals surface area (Å²) in [5, 5.41) is 10.8. The van der Waals surface area contributed by atoms with Gasteiger partial charge in [0.2, 0.25) is 0 Å². The average Bonchev–Trinajstić information content (AvgIpc) is 3.24. The monoisotopic (exact) mass is 720 g/mol. The molecule has 0 unspecified atom stereocenters. The first-order valence-corrected chi connectivity index (χ1v) is 19.1. The van der Waals surface area contributed by atoms with Gasteiger partial charge in [0, 0.05) is 5.69 Å². The molecule has 0 aliphatic rings. The second-order valence-corrected chi connectivity index (χ2v) is 14.1. The van der Waals surface area contributed by atoms with Crippen molar-refractivity contribution < 1.29 is 0 Å². The molecule has 0 fully saturated rings.